The molecular formula is C14H32O7. The van der Waals surface area contributed by atoms with Crippen LogP contribution in [0.25, 0.3) is 0 Å². The lowest BCUT2D eigenvalue weighted by molar-refractivity contribution is -0.171. The largest absolute Gasteiger partial charge is 0.394 e. The van der Waals surface area contributed by atoms with Gasteiger partial charge in [0.1, 0.15) is 12.2 Å². The summed E-state index contributed by atoms with van der Waals surface area (Å²) in [6.07, 6.45) is 3.51. The number of aliphatic hydroxyl groups is 6. The first-order chi connectivity index (χ1) is 10.0. The maximum Gasteiger partial charge on any atom is 0.183 e. The zero-order valence-corrected chi connectivity index (χ0v) is 12.9. The van der Waals surface area contributed by atoms with Gasteiger partial charge in [-0.05, 0) is 6.42 Å². The Bertz CT molecular complexity index is 188. The molecule has 0 bridgehead atoms. The van der Waals surface area contributed by atoms with Crippen molar-refractivity contribution in [3.63, 3.8) is 0 Å². The predicted molar refractivity (Wildman–Crippen MR) is 78.6 cm³/mol. The first kappa shape index (κ1) is 23.0. The van der Waals surface area contributed by atoms with Crippen molar-refractivity contribution in [2.75, 3.05) is 26.4 Å². The lowest BCUT2D eigenvalue weighted by Crippen LogP contribution is -2.31. The molecule has 0 rings (SSSR count). The van der Waals surface area contributed by atoms with Gasteiger partial charge in [-0.25, -0.2) is 0 Å². The molecule has 0 radical (unpaired) electrons. The summed E-state index contributed by atoms with van der Waals surface area (Å²) in [5.41, 5.74) is 0. The van der Waals surface area contributed by atoms with Crippen molar-refractivity contribution in [1.29, 1.82) is 0 Å². The minimum Gasteiger partial charge on any atom is -0.394 e. The van der Waals surface area contributed by atoms with Gasteiger partial charge < -0.3 is 35.4 Å². The highest BCUT2D eigenvalue weighted by atomic mass is 16.6. The van der Waals surface area contributed by atoms with Crippen LogP contribution in [0.15, 0.2) is 0 Å². The molecule has 0 spiro atoms. The van der Waals surface area contributed by atoms with E-state index in [1.807, 2.05) is 0 Å². The van der Waals surface area contributed by atoms with Gasteiger partial charge >= 0.3 is 0 Å². The molecule has 7 nitrogen and oxygen atoms in total. The predicted octanol–water partition coefficient (Wildman–Crippen LogP) is -0.633. The summed E-state index contributed by atoms with van der Waals surface area (Å²) in [6, 6.07) is 0. The van der Waals surface area contributed by atoms with Gasteiger partial charge in [-0.3, -0.25) is 0 Å². The van der Waals surface area contributed by atoms with Crippen LogP contribution in [0, 0.1) is 0 Å². The number of hydrogen-bond acceptors (Lipinski definition) is 7. The highest BCUT2D eigenvalue weighted by Gasteiger charge is 2.14. The van der Waals surface area contributed by atoms with E-state index in [4.69, 9.17) is 35.4 Å². The van der Waals surface area contributed by atoms with Gasteiger partial charge in [0, 0.05) is 6.61 Å². The molecule has 0 aliphatic rings. The number of unbranched alkanes of at least 4 members (excludes halogenated alkanes) is 5. The molecule has 130 valence electrons. The first-order valence-corrected chi connectivity index (χ1v) is 7.51. The van der Waals surface area contributed by atoms with E-state index in [0.717, 1.165) is 12.8 Å². The smallest absolute Gasteiger partial charge is 0.183 e. The van der Waals surface area contributed by atoms with Crippen molar-refractivity contribution < 1.29 is 35.4 Å². The van der Waals surface area contributed by atoms with Crippen LogP contribution in [-0.4, -0.2) is 75.6 Å². The second-order valence-corrected chi connectivity index (χ2v) is 4.80. The summed E-state index contributed by atoms with van der Waals surface area (Å²) < 4.78 is 4.95. The van der Waals surface area contributed by atoms with E-state index >= 15 is 0 Å². The van der Waals surface area contributed by atoms with E-state index < -0.39 is 25.1 Å². The molecule has 0 aliphatic heterocycles. The van der Waals surface area contributed by atoms with Crippen LogP contribution in [0.3, 0.4) is 0 Å². The topological polar surface area (TPSA) is 131 Å². The minimum absolute atomic E-state index is 0.365. The fraction of sp³-hybridized carbons (Fsp3) is 1.00. The molecule has 2 atom stereocenters. The van der Waals surface area contributed by atoms with Crippen LogP contribution >= 0.6 is 0 Å². The molecule has 0 amide bonds. The third-order valence-electron chi connectivity index (χ3n) is 2.72. The Morgan fingerprint density at radius 1 is 0.762 bits per heavy atom. The number of hydrogen-bond donors (Lipinski definition) is 6. The minimum atomic E-state index is -1.26. The highest BCUT2D eigenvalue weighted by molar-refractivity contribution is 4.55. The van der Waals surface area contributed by atoms with Gasteiger partial charge in [0.25, 0.3) is 0 Å². The van der Waals surface area contributed by atoms with Gasteiger partial charge in [-0.2, -0.15) is 0 Å². The van der Waals surface area contributed by atoms with Crippen molar-refractivity contribution in [3.05, 3.63) is 0 Å². The molecular weight excluding hydrogens is 280 g/mol. The molecule has 0 fully saturated rings. The number of rotatable bonds is 12. The summed E-state index contributed by atoms with van der Waals surface area (Å²) in [7, 11) is 0. The van der Waals surface area contributed by atoms with Crippen LogP contribution in [0.2, 0.25) is 0 Å². The van der Waals surface area contributed by atoms with Gasteiger partial charge in [-0.15, -0.1) is 0 Å². The molecule has 0 heterocycles. The highest BCUT2D eigenvalue weighted by Crippen LogP contribution is 2.05. The Morgan fingerprint density at radius 2 is 1.29 bits per heavy atom. The Kier molecular flexibility index (Phi) is 19.5. The lowest BCUT2D eigenvalue weighted by Gasteiger charge is -2.15. The average molecular weight is 312 g/mol. The third-order valence-corrected chi connectivity index (χ3v) is 2.72. The zero-order chi connectivity index (χ0) is 16.5. The molecule has 0 saturated carbocycles. The van der Waals surface area contributed by atoms with Gasteiger partial charge in [0.05, 0.1) is 19.8 Å². The van der Waals surface area contributed by atoms with E-state index in [1.54, 1.807) is 0 Å². The fourth-order valence-electron chi connectivity index (χ4n) is 1.35. The number of ether oxygens (including phenoxy) is 1. The van der Waals surface area contributed by atoms with Crippen LogP contribution < -0.4 is 0 Å². The summed E-state index contributed by atoms with van der Waals surface area (Å²) >= 11 is 0. The van der Waals surface area contributed by atoms with Crippen LogP contribution in [0.4, 0.5) is 0 Å². The van der Waals surface area contributed by atoms with Crippen LogP contribution in [0.1, 0.15) is 45.4 Å². The van der Waals surface area contributed by atoms with Gasteiger partial charge in [0.2, 0.25) is 0 Å². The van der Waals surface area contributed by atoms with Crippen molar-refractivity contribution in [2.45, 2.75) is 63.9 Å². The average Bonchev–Trinajstić information content (AvgIpc) is 2.52. The first-order valence-electron chi connectivity index (χ1n) is 7.51. The van der Waals surface area contributed by atoms with Crippen molar-refractivity contribution in [1.82, 2.24) is 0 Å². The van der Waals surface area contributed by atoms with E-state index in [1.165, 1.54) is 25.7 Å². The standard InChI is InChI=1S/C11H24O4.C3H8O3/c1-2-3-4-5-6-7-8-15-11(14)10(13)9-12;4-1-3(6)2-5/h10-14H,2-9H2,1H3;3-6H,1-2H2. The zero-order valence-electron chi connectivity index (χ0n) is 12.9. The van der Waals surface area contributed by atoms with E-state index in [0.29, 0.717) is 6.61 Å². The Morgan fingerprint density at radius 3 is 1.71 bits per heavy atom. The third kappa shape index (κ3) is 17.7. The van der Waals surface area contributed by atoms with Crippen LogP contribution in [-0.2, 0) is 4.74 Å². The lowest BCUT2D eigenvalue weighted by atomic mass is 10.1. The maximum absolute atomic E-state index is 9.13. The molecule has 21 heavy (non-hydrogen) atoms. The molecule has 0 saturated heterocycles. The fourth-order valence-corrected chi connectivity index (χ4v) is 1.35. The van der Waals surface area contributed by atoms with E-state index in [2.05, 4.69) is 6.92 Å². The van der Waals surface area contributed by atoms with Crippen molar-refractivity contribution in [2.24, 2.45) is 0 Å². The normalized spacial score (nSPS) is 13.7. The van der Waals surface area contributed by atoms with Crippen molar-refractivity contribution >= 4 is 0 Å². The molecule has 0 aromatic rings. The number of aliphatic hydroxyl groups excluding tert-OH is 6. The quantitative estimate of drug-likeness (QED) is 0.209. The Labute approximate surface area is 126 Å². The molecule has 0 aromatic carbocycles. The van der Waals surface area contributed by atoms with Crippen LogP contribution in [0.5, 0.6) is 0 Å². The SMILES string of the molecule is CCCCCCCCOC(O)C(O)CO.OCC(O)CO. The second kappa shape index (κ2) is 17.8. The summed E-state index contributed by atoms with van der Waals surface area (Å²) in [5, 5.41) is 50.6. The Hall–Kier alpha value is -0.280. The molecule has 2 unspecified atom stereocenters. The van der Waals surface area contributed by atoms with E-state index in [9.17, 15) is 0 Å². The Balaban J connectivity index is 0. The van der Waals surface area contributed by atoms with E-state index in [-0.39, 0.29) is 13.2 Å². The molecule has 7 heteroatoms. The molecule has 0 aliphatic carbocycles. The maximum atomic E-state index is 9.13. The summed E-state index contributed by atoms with van der Waals surface area (Å²) in [5.74, 6) is 0. The van der Waals surface area contributed by atoms with Gasteiger partial charge in [0.15, 0.2) is 6.29 Å². The summed E-state index contributed by atoms with van der Waals surface area (Å²) in [4.78, 5) is 0. The molecule has 0 aromatic heterocycles. The molecule has 6 N–H and O–H groups in total. The monoisotopic (exact) mass is 312 g/mol. The summed E-state index contributed by atoms with van der Waals surface area (Å²) in [6.45, 7) is 1.41. The second-order valence-electron chi connectivity index (χ2n) is 4.80. The van der Waals surface area contributed by atoms with Gasteiger partial charge in [-0.1, -0.05) is 39.0 Å². The van der Waals surface area contributed by atoms with Crippen molar-refractivity contribution in [3.8, 4) is 0 Å².